The first-order chi connectivity index (χ1) is 9.38. The SMILES string of the molecule is c1cc([C@H]2CO2)ccc1Oc1ccc([C@H]2CO2)cc1. The Morgan fingerprint density at radius 1 is 0.684 bits per heavy atom. The van der Waals surface area contributed by atoms with Crippen LogP contribution in [0.15, 0.2) is 48.5 Å². The molecule has 2 aromatic carbocycles. The molecule has 0 unspecified atom stereocenters. The maximum absolute atomic E-state index is 5.81. The van der Waals surface area contributed by atoms with E-state index in [2.05, 4.69) is 24.3 Å². The van der Waals surface area contributed by atoms with Gasteiger partial charge in [-0.15, -0.1) is 0 Å². The van der Waals surface area contributed by atoms with Crippen LogP contribution < -0.4 is 4.74 Å². The van der Waals surface area contributed by atoms with Gasteiger partial charge in [0.15, 0.2) is 0 Å². The second kappa shape index (κ2) is 4.37. The molecule has 3 heteroatoms. The van der Waals surface area contributed by atoms with E-state index in [-0.39, 0.29) is 0 Å². The van der Waals surface area contributed by atoms with E-state index < -0.39 is 0 Å². The molecule has 4 rings (SSSR count). The molecule has 0 saturated carbocycles. The van der Waals surface area contributed by atoms with Gasteiger partial charge in [-0.3, -0.25) is 0 Å². The van der Waals surface area contributed by atoms with Gasteiger partial charge in [0.1, 0.15) is 23.7 Å². The lowest BCUT2D eigenvalue weighted by Gasteiger charge is -2.06. The summed E-state index contributed by atoms with van der Waals surface area (Å²) in [5.74, 6) is 1.69. The minimum absolute atomic E-state index is 0.298. The lowest BCUT2D eigenvalue weighted by molar-refractivity contribution is 0.415. The predicted octanol–water partition coefficient (Wildman–Crippen LogP) is 3.62. The molecule has 0 aliphatic carbocycles. The Bertz CT molecular complexity index is 512. The summed E-state index contributed by atoms with van der Waals surface area (Å²) < 4.78 is 16.3. The fourth-order valence-corrected chi connectivity index (χ4v) is 2.12. The molecule has 2 saturated heterocycles. The minimum Gasteiger partial charge on any atom is -0.457 e. The summed E-state index contributed by atoms with van der Waals surface area (Å²) in [6.07, 6.45) is 0.596. The largest absolute Gasteiger partial charge is 0.457 e. The van der Waals surface area contributed by atoms with Crippen molar-refractivity contribution in [3.63, 3.8) is 0 Å². The zero-order valence-electron chi connectivity index (χ0n) is 10.4. The molecule has 2 atom stereocenters. The third kappa shape index (κ3) is 2.48. The van der Waals surface area contributed by atoms with Gasteiger partial charge in [-0.2, -0.15) is 0 Å². The van der Waals surface area contributed by atoms with Crippen LogP contribution in [-0.4, -0.2) is 13.2 Å². The van der Waals surface area contributed by atoms with Crippen molar-refractivity contribution in [3.8, 4) is 11.5 Å². The minimum atomic E-state index is 0.298. The standard InChI is InChI=1S/C16H14O3/c1-5-13(6-2-11(1)15-9-17-15)19-14-7-3-12(4-8-14)16-10-18-16/h1-8,15-16H,9-10H2/t15-,16-/m1/s1. The normalized spacial score (nSPS) is 24.0. The van der Waals surface area contributed by atoms with Gasteiger partial charge < -0.3 is 14.2 Å². The van der Waals surface area contributed by atoms with Gasteiger partial charge in [0.2, 0.25) is 0 Å². The molecule has 0 aromatic heterocycles. The van der Waals surface area contributed by atoms with Crippen LogP contribution >= 0.6 is 0 Å². The summed E-state index contributed by atoms with van der Waals surface area (Å²) in [7, 11) is 0. The van der Waals surface area contributed by atoms with Crippen molar-refractivity contribution < 1.29 is 14.2 Å². The summed E-state index contributed by atoms with van der Waals surface area (Å²) in [6, 6.07) is 16.1. The molecule has 2 heterocycles. The molecule has 0 radical (unpaired) electrons. The average Bonchev–Trinajstić information content (AvgIpc) is 3.31. The molecule has 0 amide bonds. The van der Waals surface area contributed by atoms with Crippen molar-refractivity contribution in [3.05, 3.63) is 59.7 Å². The van der Waals surface area contributed by atoms with Crippen LogP contribution in [0, 0.1) is 0 Å². The lowest BCUT2D eigenvalue weighted by atomic mass is 10.1. The Labute approximate surface area is 111 Å². The highest BCUT2D eigenvalue weighted by Crippen LogP contribution is 2.33. The van der Waals surface area contributed by atoms with Crippen LogP contribution in [0.25, 0.3) is 0 Å². The van der Waals surface area contributed by atoms with E-state index in [1.807, 2.05) is 24.3 Å². The Morgan fingerprint density at radius 2 is 1.05 bits per heavy atom. The second-order valence-corrected chi connectivity index (χ2v) is 4.88. The van der Waals surface area contributed by atoms with Crippen molar-refractivity contribution in [1.82, 2.24) is 0 Å². The number of ether oxygens (including phenoxy) is 3. The number of hydrogen-bond donors (Lipinski definition) is 0. The van der Waals surface area contributed by atoms with Crippen LogP contribution in [0.4, 0.5) is 0 Å². The molecule has 3 nitrogen and oxygen atoms in total. The molecular weight excluding hydrogens is 240 g/mol. The molecule has 2 aromatic rings. The third-order valence-electron chi connectivity index (χ3n) is 3.41. The maximum Gasteiger partial charge on any atom is 0.127 e. The van der Waals surface area contributed by atoms with E-state index >= 15 is 0 Å². The van der Waals surface area contributed by atoms with E-state index in [4.69, 9.17) is 14.2 Å². The number of hydrogen-bond acceptors (Lipinski definition) is 3. The zero-order chi connectivity index (χ0) is 12.7. The van der Waals surface area contributed by atoms with Crippen molar-refractivity contribution >= 4 is 0 Å². The van der Waals surface area contributed by atoms with Crippen molar-refractivity contribution in [2.75, 3.05) is 13.2 Å². The van der Waals surface area contributed by atoms with E-state index in [1.165, 1.54) is 11.1 Å². The summed E-state index contributed by atoms with van der Waals surface area (Å²) in [4.78, 5) is 0. The van der Waals surface area contributed by atoms with Gasteiger partial charge in [0, 0.05) is 0 Å². The summed E-state index contributed by atoms with van der Waals surface area (Å²) in [5, 5.41) is 0. The summed E-state index contributed by atoms with van der Waals surface area (Å²) in [5.41, 5.74) is 2.43. The fourth-order valence-electron chi connectivity index (χ4n) is 2.12. The first-order valence-corrected chi connectivity index (χ1v) is 6.49. The van der Waals surface area contributed by atoms with Crippen LogP contribution in [0.5, 0.6) is 11.5 Å². The van der Waals surface area contributed by atoms with Gasteiger partial charge in [0.05, 0.1) is 13.2 Å². The molecule has 2 fully saturated rings. The monoisotopic (exact) mass is 254 g/mol. The lowest BCUT2D eigenvalue weighted by Crippen LogP contribution is -1.87. The highest BCUT2D eigenvalue weighted by atomic mass is 16.6. The number of rotatable bonds is 4. The molecule has 19 heavy (non-hydrogen) atoms. The van der Waals surface area contributed by atoms with Crippen LogP contribution in [0.2, 0.25) is 0 Å². The van der Waals surface area contributed by atoms with Crippen LogP contribution in [0.1, 0.15) is 23.3 Å². The number of epoxide rings is 2. The zero-order valence-corrected chi connectivity index (χ0v) is 10.4. The second-order valence-electron chi connectivity index (χ2n) is 4.88. The third-order valence-corrected chi connectivity index (χ3v) is 3.41. The summed E-state index contributed by atoms with van der Waals surface area (Å²) in [6.45, 7) is 1.68. The Morgan fingerprint density at radius 3 is 1.37 bits per heavy atom. The smallest absolute Gasteiger partial charge is 0.127 e. The van der Waals surface area contributed by atoms with E-state index in [0.29, 0.717) is 12.2 Å². The van der Waals surface area contributed by atoms with Gasteiger partial charge in [0.25, 0.3) is 0 Å². The molecule has 96 valence electrons. The van der Waals surface area contributed by atoms with Gasteiger partial charge in [-0.05, 0) is 35.4 Å². The van der Waals surface area contributed by atoms with Gasteiger partial charge >= 0.3 is 0 Å². The fraction of sp³-hybridized carbons (Fsp3) is 0.250. The molecule has 2 aliphatic heterocycles. The van der Waals surface area contributed by atoms with Gasteiger partial charge in [-0.25, -0.2) is 0 Å². The highest BCUT2D eigenvalue weighted by molar-refractivity contribution is 5.36. The van der Waals surface area contributed by atoms with Gasteiger partial charge in [-0.1, -0.05) is 24.3 Å². The van der Waals surface area contributed by atoms with Crippen LogP contribution in [-0.2, 0) is 9.47 Å². The maximum atomic E-state index is 5.81. The highest BCUT2D eigenvalue weighted by Gasteiger charge is 2.25. The van der Waals surface area contributed by atoms with Crippen molar-refractivity contribution in [2.45, 2.75) is 12.2 Å². The van der Waals surface area contributed by atoms with Crippen molar-refractivity contribution in [1.29, 1.82) is 0 Å². The predicted molar refractivity (Wildman–Crippen MR) is 70.3 cm³/mol. The van der Waals surface area contributed by atoms with E-state index in [1.54, 1.807) is 0 Å². The average molecular weight is 254 g/mol. The van der Waals surface area contributed by atoms with Crippen LogP contribution in [0.3, 0.4) is 0 Å². The van der Waals surface area contributed by atoms with E-state index in [9.17, 15) is 0 Å². The topological polar surface area (TPSA) is 34.3 Å². The van der Waals surface area contributed by atoms with Crippen molar-refractivity contribution in [2.24, 2.45) is 0 Å². The first kappa shape index (κ1) is 11.0. The molecule has 2 aliphatic rings. The Kier molecular flexibility index (Phi) is 2.53. The number of benzene rings is 2. The molecular formula is C16H14O3. The Hall–Kier alpha value is -1.84. The quantitative estimate of drug-likeness (QED) is 0.781. The van der Waals surface area contributed by atoms with E-state index in [0.717, 1.165) is 24.7 Å². The first-order valence-electron chi connectivity index (χ1n) is 6.49. The molecule has 0 bridgehead atoms. The Balaban J connectivity index is 1.46. The molecule has 0 spiro atoms. The summed E-state index contributed by atoms with van der Waals surface area (Å²) >= 11 is 0. The molecule has 0 N–H and O–H groups in total.